The fraction of sp³-hybridized carbons (Fsp3) is 0.429. The molecule has 48 heavy (non-hydrogen) atoms. The summed E-state index contributed by atoms with van der Waals surface area (Å²) in [5.74, 6) is 0.292. The first-order valence-corrected chi connectivity index (χ1v) is 16.0. The van der Waals surface area contributed by atoms with Crippen molar-refractivity contribution in [1.29, 1.82) is 0 Å². The fourth-order valence-corrected chi connectivity index (χ4v) is 7.02. The lowest BCUT2D eigenvalue weighted by molar-refractivity contribution is -0.384. The third-order valence-corrected chi connectivity index (χ3v) is 9.63. The molecule has 0 amide bonds. The zero-order valence-electron chi connectivity index (χ0n) is 26.5. The maximum atomic E-state index is 17.1. The van der Waals surface area contributed by atoms with Crippen LogP contribution < -0.4 is 9.64 Å². The molecular formula is C35H35F2N5O6. The molecular weight excluding hydrogens is 624 g/mol. The number of rotatable bonds is 8. The minimum absolute atomic E-state index is 0.0354. The summed E-state index contributed by atoms with van der Waals surface area (Å²) in [5.41, 5.74) is -2.99. The zero-order chi connectivity index (χ0) is 33.8. The summed E-state index contributed by atoms with van der Waals surface area (Å²) in [7, 11) is 0. The molecule has 3 heterocycles. The summed E-state index contributed by atoms with van der Waals surface area (Å²) < 4.78 is 43.7. The number of anilines is 1. The first-order chi connectivity index (χ1) is 23.0. The molecule has 11 nitrogen and oxygen atoms in total. The average molecular weight is 660 g/mol. The van der Waals surface area contributed by atoms with Gasteiger partial charge >= 0.3 is 6.01 Å². The number of phenolic OH excluding ortho intramolecular Hbond substituents is 1. The third-order valence-electron chi connectivity index (χ3n) is 9.63. The zero-order valence-corrected chi connectivity index (χ0v) is 26.5. The van der Waals surface area contributed by atoms with Gasteiger partial charge in [0.2, 0.25) is 0 Å². The second-order valence-corrected chi connectivity index (χ2v) is 13.4. The molecule has 1 saturated carbocycles. The highest BCUT2D eigenvalue weighted by atomic mass is 19.1. The van der Waals surface area contributed by atoms with Gasteiger partial charge in [-0.3, -0.25) is 15.0 Å². The number of nitro benzene ring substituents is 1. The van der Waals surface area contributed by atoms with Crippen LogP contribution in [-0.4, -0.2) is 88.1 Å². The summed E-state index contributed by atoms with van der Waals surface area (Å²) in [6.45, 7) is 6.41. The Labute approximate surface area is 275 Å². The topological polar surface area (TPSA) is 134 Å². The van der Waals surface area contributed by atoms with Gasteiger partial charge in [-0.2, -0.15) is 9.97 Å². The smallest absolute Gasteiger partial charge is 0.319 e. The fourth-order valence-electron chi connectivity index (χ4n) is 7.02. The van der Waals surface area contributed by atoms with Crippen molar-refractivity contribution in [2.24, 2.45) is 5.41 Å². The molecule has 3 aliphatic rings. The molecule has 3 aromatic carbocycles. The Morgan fingerprint density at radius 1 is 1.15 bits per heavy atom. The minimum atomic E-state index is -1.08. The number of phenols is 1. The van der Waals surface area contributed by atoms with E-state index in [2.05, 4.69) is 20.8 Å². The molecule has 13 heteroatoms. The van der Waals surface area contributed by atoms with Gasteiger partial charge in [0.05, 0.1) is 46.9 Å². The van der Waals surface area contributed by atoms with Gasteiger partial charge in [-0.05, 0) is 56.2 Å². The number of terminal acetylenes is 1. The normalized spacial score (nSPS) is 20.9. The number of halogens is 2. The van der Waals surface area contributed by atoms with Crippen LogP contribution in [0.3, 0.4) is 0 Å². The van der Waals surface area contributed by atoms with Crippen molar-refractivity contribution in [2.75, 3.05) is 57.4 Å². The second-order valence-electron chi connectivity index (χ2n) is 13.4. The number of aromatic nitrogens is 2. The van der Waals surface area contributed by atoms with E-state index in [-0.39, 0.29) is 68.9 Å². The Hall–Kier alpha value is -4.64. The van der Waals surface area contributed by atoms with Crippen molar-refractivity contribution in [1.82, 2.24) is 14.9 Å². The van der Waals surface area contributed by atoms with E-state index in [4.69, 9.17) is 15.9 Å². The van der Waals surface area contributed by atoms with Crippen molar-refractivity contribution in [3.05, 3.63) is 57.6 Å². The number of β-amino-alcohol motifs (C(OH)–C–C–N with tert-alkyl or cyclic N) is 1. The van der Waals surface area contributed by atoms with Gasteiger partial charge in [0.25, 0.3) is 5.69 Å². The van der Waals surface area contributed by atoms with Crippen LogP contribution in [0.2, 0.25) is 0 Å². The number of fused-ring (bicyclic) bond motifs is 2. The molecule has 1 unspecified atom stereocenters. The maximum absolute atomic E-state index is 17.1. The first kappa shape index (κ1) is 31.9. The van der Waals surface area contributed by atoms with E-state index in [1.54, 1.807) is 11.8 Å². The predicted molar refractivity (Wildman–Crippen MR) is 175 cm³/mol. The standard InChI is InChI=1S/C35H35F2N5O6/c1-3-23-26(36)6-5-21-15-22(43)16-24(28(21)23)29-27(42(45)46)17-25-31(30(29)37)38-33(39-32(25)41-10-4-7-34(2,44)18-41)48-20-35(8-9-35)19-40-11-13-47-14-12-40/h1,5-6,15-17,43-44H,4,7-14,18-20H2,2H3. The number of morpholine rings is 1. The van der Waals surface area contributed by atoms with E-state index in [1.807, 2.05) is 0 Å². The number of piperidine rings is 1. The second kappa shape index (κ2) is 12.1. The molecule has 4 aromatic rings. The average Bonchev–Trinajstić information content (AvgIpc) is 3.82. The molecule has 250 valence electrons. The Bertz CT molecular complexity index is 1990. The Balaban J connectivity index is 1.40. The van der Waals surface area contributed by atoms with Gasteiger partial charge in [-0.25, -0.2) is 8.78 Å². The molecule has 2 saturated heterocycles. The predicted octanol–water partition coefficient (Wildman–Crippen LogP) is 5.17. The molecule has 0 radical (unpaired) electrons. The Morgan fingerprint density at radius 3 is 2.60 bits per heavy atom. The first-order valence-electron chi connectivity index (χ1n) is 16.0. The molecule has 7 rings (SSSR count). The molecule has 2 N–H and O–H groups in total. The van der Waals surface area contributed by atoms with Gasteiger partial charge in [0.1, 0.15) is 22.9 Å². The molecule has 2 aliphatic heterocycles. The molecule has 1 aromatic heterocycles. The van der Waals surface area contributed by atoms with Gasteiger partial charge in [0.15, 0.2) is 5.82 Å². The van der Waals surface area contributed by atoms with Gasteiger partial charge in [0, 0.05) is 55.2 Å². The summed E-state index contributed by atoms with van der Waals surface area (Å²) in [5, 5.41) is 34.5. The van der Waals surface area contributed by atoms with E-state index >= 15 is 4.39 Å². The number of benzene rings is 3. The highest BCUT2D eigenvalue weighted by Gasteiger charge is 2.45. The number of nitrogens with zero attached hydrogens (tertiary/aromatic N) is 5. The van der Waals surface area contributed by atoms with Crippen molar-refractivity contribution >= 4 is 33.2 Å². The van der Waals surface area contributed by atoms with Crippen LogP contribution in [0, 0.1) is 39.5 Å². The molecule has 1 aliphatic carbocycles. The number of aliphatic hydroxyl groups is 1. The quantitative estimate of drug-likeness (QED) is 0.148. The molecule has 1 atom stereocenters. The van der Waals surface area contributed by atoms with Gasteiger partial charge in [-0.15, -0.1) is 6.42 Å². The van der Waals surface area contributed by atoms with Crippen LogP contribution >= 0.6 is 0 Å². The van der Waals surface area contributed by atoms with Crippen molar-refractivity contribution < 1.29 is 33.4 Å². The van der Waals surface area contributed by atoms with Crippen LogP contribution in [0.15, 0.2) is 30.3 Å². The van der Waals surface area contributed by atoms with Crippen LogP contribution in [0.4, 0.5) is 20.3 Å². The van der Waals surface area contributed by atoms with Crippen LogP contribution in [-0.2, 0) is 4.74 Å². The molecule has 0 spiro atoms. The summed E-state index contributed by atoms with van der Waals surface area (Å²) in [6.07, 6.45) is 8.69. The van der Waals surface area contributed by atoms with Crippen LogP contribution in [0.25, 0.3) is 32.8 Å². The highest BCUT2D eigenvalue weighted by molar-refractivity contribution is 6.06. The monoisotopic (exact) mass is 659 g/mol. The Kier molecular flexibility index (Phi) is 8.06. The summed E-state index contributed by atoms with van der Waals surface area (Å²) in [6, 6.07) is 6.01. The SMILES string of the molecule is C#Cc1c(F)ccc2cc(O)cc(-c3c([N+](=O)[O-])cc4c(N5CCCC(C)(O)C5)nc(OCC5(CN6CCOCC6)CC5)nc4c3F)c12. The summed E-state index contributed by atoms with van der Waals surface area (Å²) >= 11 is 0. The number of hydrogen-bond donors (Lipinski definition) is 2. The maximum Gasteiger partial charge on any atom is 0.319 e. The number of aromatic hydroxyl groups is 1. The number of ether oxygens (including phenoxy) is 2. The van der Waals surface area contributed by atoms with E-state index in [1.165, 1.54) is 18.2 Å². The van der Waals surface area contributed by atoms with E-state index in [0.29, 0.717) is 32.6 Å². The molecule has 3 fully saturated rings. The van der Waals surface area contributed by atoms with Gasteiger partial charge in [-0.1, -0.05) is 12.0 Å². The Morgan fingerprint density at radius 2 is 1.92 bits per heavy atom. The minimum Gasteiger partial charge on any atom is -0.508 e. The van der Waals surface area contributed by atoms with Crippen LogP contribution in [0.1, 0.15) is 38.2 Å². The number of nitro groups is 1. The van der Waals surface area contributed by atoms with E-state index in [9.17, 15) is 24.7 Å². The van der Waals surface area contributed by atoms with Crippen molar-refractivity contribution in [3.8, 4) is 35.2 Å². The van der Waals surface area contributed by atoms with E-state index in [0.717, 1.165) is 44.6 Å². The van der Waals surface area contributed by atoms with Crippen LogP contribution in [0.5, 0.6) is 11.8 Å². The highest BCUT2D eigenvalue weighted by Crippen LogP contribution is 2.48. The largest absolute Gasteiger partial charge is 0.508 e. The lowest BCUT2D eigenvalue weighted by Gasteiger charge is -2.38. The van der Waals surface area contributed by atoms with E-state index < -0.39 is 33.4 Å². The summed E-state index contributed by atoms with van der Waals surface area (Å²) in [4.78, 5) is 25.1. The lowest BCUT2D eigenvalue weighted by Crippen LogP contribution is -2.46. The molecule has 0 bridgehead atoms. The number of hydrogen-bond acceptors (Lipinski definition) is 10. The van der Waals surface area contributed by atoms with Gasteiger partial charge < -0.3 is 24.6 Å². The lowest BCUT2D eigenvalue weighted by atomic mass is 9.91. The van der Waals surface area contributed by atoms with Crippen molar-refractivity contribution in [3.63, 3.8) is 0 Å². The van der Waals surface area contributed by atoms with Crippen molar-refractivity contribution in [2.45, 2.75) is 38.2 Å². The third kappa shape index (κ3) is 5.96.